The average Bonchev–Trinajstić information content (AvgIpc) is 2.30. The molecule has 0 N–H and O–H groups in total. The first-order valence-corrected chi connectivity index (χ1v) is 6.51. The maximum atomic E-state index is 5.24. The molecule has 0 saturated carbocycles. The molecule has 0 fully saturated rings. The fourth-order valence-corrected chi connectivity index (χ4v) is 3.02. The predicted octanol–water partition coefficient (Wildman–Crippen LogP) is 4.55. The summed E-state index contributed by atoms with van der Waals surface area (Å²) >= 11 is 3.69. The zero-order valence-electron chi connectivity index (χ0n) is 9.79. The Balaban J connectivity index is 2.33. The lowest BCUT2D eigenvalue weighted by molar-refractivity contribution is 0.414. The number of allylic oxidation sites excluding steroid dienone is 2. The second-order valence-corrected chi connectivity index (χ2v) is 5.21. The van der Waals surface area contributed by atoms with Gasteiger partial charge in [0, 0.05) is 5.92 Å². The molecule has 0 amide bonds. The van der Waals surface area contributed by atoms with Crippen molar-refractivity contribution in [3.63, 3.8) is 0 Å². The van der Waals surface area contributed by atoms with E-state index in [0.717, 1.165) is 5.75 Å². The van der Waals surface area contributed by atoms with Crippen LogP contribution in [0.3, 0.4) is 0 Å². The molecule has 1 aliphatic carbocycles. The molecule has 16 heavy (non-hydrogen) atoms. The van der Waals surface area contributed by atoms with Crippen LogP contribution in [0.1, 0.15) is 36.3 Å². The van der Waals surface area contributed by atoms with Crippen LogP contribution in [0.4, 0.5) is 0 Å². The maximum absolute atomic E-state index is 5.24. The zero-order chi connectivity index (χ0) is 11.5. The molecule has 2 rings (SSSR count). The molecule has 0 bridgehead atoms. The van der Waals surface area contributed by atoms with Gasteiger partial charge in [-0.05, 0) is 53.9 Å². The number of halogens is 1. The largest absolute Gasteiger partial charge is 0.497 e. The molecule has 1 nitrogen and oxygen atoms in total. The molecule has 2 heteroatoms. The number of aryl methyl sites for hydroxylation is 1. The second-order valence-electron chi connectivity index (χ2n) is 4.30. The maximum Gasteiger partial charge on any atom is 0.119 e. The van der Waals surface area contributed by atoms with Gasteiger partial charge in [-0.2, -0.15) is 0 Å². The summed E-state index contributed by atoms with van der Waals surface area (Å²) in [7, 11) is 1.71. The molecule has 1 aliphatic rings. The Hall–Kier alpha value is -0.760. The Morgan fingerprint density at radius 3 is 2.81 bits per heavy atom. The lowest BCUT2D eigenvalue weighted by Gasteiger charge is -2.23. The highest BCUT2D eigenvalue weighted by Gasteiger charge is 2.19. The third-order valence-electron chi connectivity index (χ3n) is 3.22. The van der Waals surface area contributed by atoms with Crippen molar-refractivity contribution in [2.45, 2.75) is 32.1 Å². The molecule has 86 valence electrons. The van der Waals surface area contributed by atoms with Crippen LogP contribution in [0, 0.1) is 6.92 Å². The fraction of sp³-hybridized carbons (Fsp3) is 0.429. The molecular formula is C14H17BrO. The third-order valence-corrected chi connectivity index (χ3v) is 4.10. The quantitative estimate of drug-likeness (QED) is 0.772. The standard InChI is InChI=1S/C14H17BrO/c1-10-9-11(16-2)7-8-12(10)13-5-3-4-6-14(13)15/h6-9,13H,3-5H2,1-2H3. The summed E-state index contributed by atoms with van der Waals surface area (Å²) in [4.78, 5) is 0. The Morgan fingerprint density at radius 2 is 2.19 bits per heavy atom. The number of rotatable bonds is 2. The van der Waals surface area contributed by atoms with Crippen molar-refractivity contribution in [1.82, 2.24) is 0 Å². The van der Waals surface area contributed by atoms with Gasteiger partial charge in [-0.3, -0.25) is 0 Å². The minimum atomic E-state index is 0.541. The first kappa shape index (κ1) is 11.7. The highest BCUT2D eigenvalue weighted by molar-refractivity contribution is 9.11. The van der Waals surface area contributed by atoms with E-state index in [-0.39, 0.29) is 0 Å². The summed E-state index contributed by atoms with van der Waals surface area (Å²) < 4.78 is 6.58. The number of ether oxygens (including phenoxy) is 1. The molecule has 0 saturated heterocycles. The van der Waals surface area contributed by atoms with Crippen molar-refractivity contribution in [3.8, 4) is 5.75 Å². The first-order valence-electron chi connectivity index (χ1n) is 5.72. The number of hydrogen-bond donors (Lipinski definition) is 0. The normalized spacial score (nSPS) is 20.4. The summed E-state index contributed by atoms with van der Waals surface area (Å²) in [5, 5.41) is 0. The second kappa shape index (κ2) is 5.05. The van der Waals surface area contributed by atoms with E-state index in [0.29, 0.717) is 5.92 Å². The summed E-state index contributed by atoms with van der Waals surface area (Å²) in [6.07, 6.45) is 6.03. The zero-order valence-corrected chi connectivity index (χ0v) is 11.4. The van der Waals surface area contributed by atoms with E-state index in [1.54, 1.807) is 7.11 Å². The topological polar surface area (TPSA) is 9.23 Å². The van der Waals surface area contributed by atoms with Gasteiger partial charge in [-0.1, -0.05) is 28.1 Å². The van der Waals surface area contributed by atoms with Crippen LogP contribution in [0.2, 0.25) is 0 Å². The first-order chi connectivity index (χ1) is 7.72. The Morgan fingerprint density at radius 1 is 1.38 bits per heavy atom. The van der Waals surface area contributed by atoms with Crippen molar-refractivity contribution in [2.24, 2.45) is 0 Å². The SMILES string of the molecule is COc1ccc(C2CCCC=C2Br)c(C)c1. The smallest absolute Gasteiger partial charge is 0.119 e. The van der Waals surface area contributed by atoms with E-state index in [9.17, 15) is 0 Å². The predicted molar refractivity (Wildman–Crippen MR) is 71.3 cm³/mol. The lowest BCUT2D eigenvalue weighted by atomic mass is 9.87. The Labute approximate surface area is 106 Å². The molecule has 0 aromatic heterocycles. The van der Waals surface area contributed by atoms with Crippen LogP contribution in [0.15, 0.2) is 28.8 Å². The van der Waals surface area contributed by atoms with Gasteiger partial charge in [-0.25, -0.2) is 0 Å². The van der Waals surface area contributed by atoms with Crippen LogP contribution in [0.25, 0.3) is 0 Å². The van der Waals surface area contributed by atoms with E-state index in [4.69, 9.17) is 4.74 Å². The summed E-state index contributed by atoms with van der Waals surface area (Å²) in [6, 6.07) is 6.36. The summed E-state index contributed by atoms with van der Waals surface area (Å²) in [6.45, 7) is 2.16. The van der Waals surface area contributed by atoms with Crippen molar-refractivity contribution >= 4 is 15.9 Å². The monoisotopic (exact) mass is 280 g/mol. The minimum Gasteiger partial charge on any atom is -0.497 e. The van der Waals surface area contributed by atoms with E-state index in [1.165, 1.54) is 34.9 Å². The fourth-order valence-electron chi connectivity index (χ4n) is 2.31. The van der Waals surface area contributed by atoms with E-state index < -0.39 is 0 Å². The van der Waals surface area contributed by atoms with Gasteiger partial charge in [0.25, 0.3) is 0 Å². The number of hydrogen-bond acceptors (Lipinski definition) is 1. The van der Waals surface area contributed by atoms with Crippen LogP contribution in [-0.2, 0) is 0 Å². The molecule has 1 unspecified atom stereocenters. The minimum absolute atomic E-state index is 0.541. The average molecular weight is 281 g/mol. The third kappa shape index (κ3) is 2.32. The van der Waals surface area contributed by atoms with Crippen molar-refractivity contribution in [2.75, 3.05) is 7.11 Å². The van der Waals surface area contributed by atoms with E-state index in [1.807, 2.05) is 0 Å². The van der Waals surface area contributed by atoms with Crippen LogP contribution in [-0.4, -0.2) is 7.11 Å². The molecule has 0 radical (unpaired) electrons. The van der Waals surface area contributed by atoms with Gasteiger partial charge in [-0.15, -0.1) is 0 Å². The van der Waals surface area contributed by atoms with Crippen LogP contribution in [0.5, 0.6) is 5.75 Å². The van der Waals surface area contributed by atoms with Crippen LogP contribution >= 0.6 is 15.9 Å². The van der Waals surface area contributed by atoms with Gasteiger partial charge in [0.15, 0.2) is 0 Å². The highest BCUT2D eigenvalue weighted by Crippen LogP contribution is 2.39. The van der Waals surface area contributed by atoms with Gasteiger partial charge >= 0.3 is 0 Å². The summed E-state index contributed by atoms with van der Waals surface area (Å²) in [5.41, 5.74) is 2.74. The van der Waals surface area contributed by atoms with E-state index >= 15 is 0 Å². The van der Waals surface area contributed by atoms with Gasteiger partial charge in [0.1, 0.15) is 5.75 Å². The molecule has 0 spiro atoms. The number of benzene rings is 1. The van der Waals surface area contributed by atoms with E-state index in [2.05, 4.69) is 47.1 Å². The molecular weight excluding hydrogens is 264 g/mol. The highest BCUT2D eigenvalue weighted by atomic mass is 79.9. The van der Waals surface area contributed by atoms with Gasteiger partial charge in [0.05, 0.1) is 7.11 Å². The Kier molecular flexibility index (Phi) is 3.70. The lowest BCUT2D eigenvalue weighted by Crippen LogP contribution is -2.05. The Bertz CT molecular complexity index is 409. The molecule has 0 heterocycles. The van der Waals surface area contributed by atoms with Crippen molar-refractivity contribution in [1.29, 1.82) is 0 Å². The summed E-state index contributed by atoms with van der Waals surface area (Å²) in [5.74, 6) is 1.48. The van der Waals surface area contributed by atoms with Crippen molar-refractivity contribution in [3.05, 3.63) is 39.9 Å². The number of methoxy groups -OCH3 is 1. The molecule has 1 atom stereocenters. The van der Waals surface area contributed by atoms with Crippen molar-refractivity contribution < 1.29 is 4.74 Å². The molecule has 1 aromatic rings. The van der Waals surface area contributed by atoms with Gasteiger partial charge < -0.3 is 4.74 Å². The van der Waals surface area contributed by atoms with Gasteiger partial charge in [0.2, 0.25) is 0 Å². The van der Waals surface area contributed by atoms with Crippen LogP contribution < -0.4 is 4.74 Å². The molecule has 0 aliphatic heterocycles. The molecule has 1 aromatic carbocycles.